The summed E-state index contributed by atoms with van der Waals surface area (Å²) in [5, 5.41) is 2.29. The van der Waals surface area contributed by atoms with Crippen molar-refractivity contribution >= 4 is 17.6 Å². The van der Waals surface area contributed by atoms with Crippen LogP contribution in [-0.2, 0) is 20.4 Å². The fourth-order valence-electron chi connectivity index (χ4n) is 2.74. The highest BCUT2D eigenvalue weighted by atomic mass is 19.4. The molecule has 0 radical (unpaired) electrons. The lowest BCUT2D eigenvalue weighted by Crippen LogP contribution is -2.22. The van der Waals surface area contributed by atoms with Crippen LogP contribution in [0.25, 0.3) is 0 Å². The van der Waals surface area contributed by atoms with Crippen LogP contribution in [0.5, 0.6) is 17.2 Å². The van der Waals surface area contributed by atoms with Crippen LogP contribution in [0.2, 0.25) is 0 Å². The van der Waals surface area contributed by atoms with Gasteiger partial charge in [-0.3, -0.25) is 4.79 Å². The average Bonchev–Trinajstić information content (AvgIpc) is 2.81. The maximum atomic E-state index is 13.1. The van der Waals surface area contributed by atoms with E-state index in [-0.39, 0.29) is 36.1 Å². The number of carbonyl (C=O) groups excluding carboxylic acids is 2. The zero-order valence-corrected chi connectivity index (χ0v) is 19.9. The molecule has 8 nitrogen and oxygen atoms in total. The Balaban J connectivity index is 2.06. The normalized spacial score (nSPS) is 11.2. The van der Waals surface area contributed by atoms with Crippen molar-refractivity contribution in [3.05, 3.63) is 47.5 Å². The van der Waals surface area contributed by atoms with E-state index in [0.29, 0.717) is 18.1 Å². The zero-order valence-electron chi connectivity index (χ0n) is 19.9. The summed E-state index contributed by atoms with van der Waals surface area (Å²) in [6.45, 7) is 3.93. The molecule has 0 aromatic heterocycles. The fourth-order valence-corrected chi connectivity index (χ4v) is 2.74. The molecule has 0 atom stereocenters. The molecular formula is C24H28F3NO7. The number of halogens is 3. The molecule has 192 valence electrons. The third kappa shape index (κ3) is 8.67. The summed E-state index contributed by atoms with van der Waals surface area (Å²) >= 11 is 0. The van der Waals surface area contributed by atoms with Crippen molar-refractivity contribution in [3.8, 4) is 17.2 Å². The summed E-state index contributed by atoms with van der Waals surface area (Å²) < 4.78 is 65.4. The van der Waals surface area contributed by atoms with Crippen LogP contribution in [0.3, 0.4) is 0 Å². The van der Waals surface area contributed by atoms with E-state index in [0.717, 1.165) is 18.2 Å². The minimum Gasteiger partial charge on any atom is -0.493 e. The lowest BCUT2D eigenvalue weighted by Gasteiger charge is -2.15. The van der Waals surface area contributed by atoms with E-state index in [1.165, 1.54) is 26.4 Å². The minimum atomic E-state index is -4.62. The highest BCUT2D eigenvalue weighted by Crippen LogP contribution is 2.35. The van der Waals surface area contributed by atoms with Gasteiger partial charge in [0.1, 0.15) is 12.4 Å². The van der Waals surface area contributed by atoms with Gasteiger partial charge in [0, 0.05) is 7.11 Å². The molecule has 0 saturated carbocycles. The largest absolute Gasteiger partial charge is 0.493 e. The molecule has 0 fully saturated rings. The number of hydrogen-bond donors (Lipinski definition) is 1. The Morgan fingerprint density at radius 3 is 2.29 bits per heavy atom. The summed E-state index contributed by atoms with van der Waals surface area (Å²) in [5.41, 5.74) is -1.09. The second-order valence-corrected chi connectivity index (χ2v) is 7.74. The molecule has 0 saturated heterocycles. The van der Waals surface area contributed by atoms with Gasteiger partial charge in [0.25, 0.3) is 5.91 Å². The molecule has 2 aromatic carbocycles. The van der Waals surface area contributed by atoms with Gasteiger partial charge >= 0.3 is 12.1 Å². The third-order valence-corrected chi connectivity index (χ3v) is 4.43. The van der Waals surface area contributed by atoms with Gasteiger partial charge in [0.2, 0.25) is 0 Å². The molecule has 0 aliphatic heterocycles. The number of benzene rings is 2. The van der Waals surface area contributed by atoms with Gasteiger partial charge in [-0.2, -0.15) is 13.2 Å². The molecule has 1 amide bonds. The first-order chi connectivity index (χ1) is 16.5. The molecule has 0 aliphatic rings. The van der Waals surface area contributed by atoms with E-state index in [9.17, 15) is 22.8 Å². The first-order valence-electron chi connectivity index (χ1n) is 10.7. The monoisotopic (exact) mass is 499 g/mol. The van der Waals surface area contributed by atoms with Crippen molar-refractivity contribution in [1.82, 2.24) is 0 Å². The highest BCUT2D eigenvalue weighted by Gasteiger charge is 2.31. The van der Waals surface area contributed by atoms with Gasteiger partial charge in [-0.05, 0) is 42.3 Å². The van der Waals surface area contributed by atoms with E-state index in [2.05, 4.69) is 5.32 Å². The molecule has 0 bridgehead atoms. The van der Waals surface area contributed by atoms with Crippen molar-refractivity contribution in [2.24, 2.45) is 5.92 Å². The maximum Gasteiger partial charge on any atom is 0.416 e. The summed E-state index contributed by atoms with van der Waals surface area (Å²) in [6.07, 6.45) is -4.62. The molecular weight excluding hydrogens is 471 g/mol. The number of carbonyl (C=O) groups is 2. The first kappa shape index (κ1) is 27.8. The van der Waals surface area contributed by atoms with Crippen LogP contribution in [0, 0.1) is 5.92 Å². The minimum absolute atomic E-state index is 0.0106. The summed E-state index contributed by atoms with van der Waals surface area (Å²) in [7, 11) is 2.86. The molecule has 2 aromatic rings. The van der Waals surface area contributed by atoms with Crippen molar-refractivity contribution in [2.75, 3.05) is 46.0 Å². The topological polar surface area (TPSA) is 92.3 Å². The van der Waals surface area contributed by atoms with Gasteiger partial charge in [0.05, 0.1) is 37.1 Å². The van der Waals surface area contributed by atoms with E-state index in [1.807, 2.05) is 13.8 Å². The van der Waals surface area contributed by atoms with E-state index in [4.69, 9.17) is 23.7 Å². The number of ether oxygens (including phenoxy) is 5. The average molecular weight is 499 g/mol. The fraction of sp³-hybridized carbons (Fsp3) is 0.417. The summed E-state index contributed by atoms with van der Waals surface area (Å²) in [4.78, 5) is 24.7. The van der Waals surface area contributed by atoms with Crippen LogP contribution in [-0.4, -0.2) is 52.5 Å². The summed E-state index contributed by atoms with van der Waals surface area (Å²) in [6, 6.07) is 7.07. The van der Waals surface area contributed by atoms with Crippen molar-refractivity contribution in [3.63, 3.8) is 0 Å². The van der Waals surface area contributed by atoms with Gasteiger partial charge in [0.15, 0.2) is 18.1 Å². The Morgan fingerprint density at radius 2 is 1.66 bits per heavy atom. The van der Waals surface area contributed by atoms with Crippen LogP contribution in [0.15, 0.2) is 36.4 Å². The quantitative estimate of drug-likeness (QED) is 0.338. The van der Waals surface area contributed by atoms with Gasteiger partial charge in [-0.1, -0.05) is 13.8 Å². The van der Waals surface area contributed by atoms with Crippen molar-refractivity contribution < 1.29 is 46.4 Å². The second kappa shape index (κ2) is 12.8. The Kier molecular flexibility index (Phi) is 10.2. The lowest BCUT2D eigenvalue weighted by molar-refractivity contribution is -0.137. The number of hydrogen-bond acceptors (Lipinski definition) is 7. The molecule has 11 heteroatoms. The van der Waals surface area contributed by atoms with Crippen molar-refractivity contribution in [2.45, 2.75) is 20.0 Å². The lowest BCUT2D eigenvalue weighted by atomic mass is 10.1. The predicted molar refractivity (Wildman–Crippen MR) is 121 cm³/mol. The second-order valence-electron chi connectivity index (χ2n) is 7.74. The Morgan fingerprint density at radius 1 is 0.943 bits per heavy atom. The summed E-state index contributed by atoms with van der Waals surface area (Å²) in [5.74, 6) is -0.623. The maximum absolute atomic E-state index is 13.1. The number of anilines is 1. The van der Waals surface area contributed by atoms with E-state index >= 15 is 0 Å². The van der Waals surface area contributed by atoms with Gasteiger partial charge < -0.3 is 29.0 Å². The number of alkyl halides is 3. The van der Waals surface area contributed by atoms with E-state index < -0.39 is 30.2 Å². The van der Waals surface area contributed by atoms with Crippen LogP contribution in [0.4, 0.5) is 18.9 Å². The number of esters is 1. The molecule has 0 unspecified atom stereocenters. The number of methoxy groups -OCH3 is 2. The Hall–Kier alpha value is -3.47. The predicted octanol–water partition coefficient (Wildman–Crippen LogP) is 4.57. The highest BCUT2D eigenvalue weighted by molar-refractivity contribution is 5.96. The van der Waals surface area contributed by atoms with Crippen LogP contribution >= 0.6 is 0 Å². The Bertz CT molecular complexity index is 1010. The third-order valence-electron chi connectivity index (χ3n) is 4.43. The molecule has 35 heavy (non-hydrogen) atoms. The Labute approximate surface area is 201 Å². The molecule has 0 aliphatic carbocycles. The van der Waals surface area contributed by atoms with E-state index in [1.54, 1.807) is 6.07 Å². The first-order valence-corrected chi connectivity index (χ1v) is 10.7. The molecule has 0 heterocycles. The number of amides is 1. The van der Waals surface area contributed by atoms with Gasteiger partial charge in [-0.25, -0.2) is 4.79 Å². The SMILES string of the molecule is COCCOc1ccc(C(F)(F)F)cc1NC(=O)COC(=O)c1ccc(OCC(C)C)c(OC)c1. The van der Waals surface area contributed by atoms with Crippen LogP contribution in [0.1, 0.15) is 29.8 Å². The van der Waals surface area contributed by atoms with Crippen LogP contribution < -0.4 is 19.5 Å². The smallest absolute Gasteiger partial charge is 0.416 e. The zero-order chi connectivity index (χ0) is 26.0. The number of rotatable bonds is 12. The molecule has 1 N–H and O–H groups in total. The van der Waals surface area contributed by atoms with Crippen molar-refractivity contribution in [1.29, 1.82) is 0 Å². The number of nitrogens with one attached hydrogen (secondary N) is 1. The molecule has 0 spiro atoms. The van der Waals surface area contributed by atoms with Gasteiger partial charge in [-0.15, -0.1) is 0 Å². The standard InChI is InChI=1S/C24H28F3NO7/c1-15(2)13-34-20-7-5-16(11-21(20)32-4)23(30)35-14-22(29)28-18-12-17(24(25,26)27)6-8-19(18)33-10-9-31-3/h5-8,11-12,15H,9-10,13-14H2,1-4H3,(H,28,29). The molecule has 2 rings (SSSR count).